The van der Waals surface area contributed by atoms with Gasteiger partial charge in [0, 0.05) is 5.54 Å². The molecule has 0 atom stereocenters. The van der Waals surface area contributed by atoms with Gasteiger partial charge in [0.2, 0.25) is 0 Å². The second-order valence-electron chi connectivity index (χ2n) is 3.81. The van der Waals surface area contributed by atoms with Gasteiger partial charge in [-0.1, -0.05) is 11.6 Å². The van der Waals surface area contributed by atoms with E-state index in [0.29, 0.717) is 0 Å². The van der Waals surface area contributed by atoms with E-state index < -0.39 is 6.09 Å². The Kier molecular flexibility index (Phi) is 3.00. The van der Waals surface area contributed by atoms with Crippen molar-refractivity contribution in [2.24, 2.45) is 0 Å². The Labute approximate surface area is 86.8 Å². The van der Waals surface area contributed by atoms with Gasteiger partial charge in [0.05, 0.1) is 6.20 Å². The van der Waals surface area contributed by atoms with Crippen LogP contribution in [0.1, 0.15) is 20.8 Å². The maximum atomic E-state index is 11.2. The van der Waals surface area contributed by atoms with E-state index >= 15 is 0 Å². The van der Waals surface area contributed by atoms with Crippen LogP contribution < -0.4 is 10.1 Å². The van der Waals surface area contributed by atoms with Gasteiger partial charge in [-0.2, -0.15) is 5.10 Å². The van der Waals surface area contributed by atoms with Crippen molar-refractivity contribution in [1.82, 2.24) is 15.5 Å². The molecule has 0 saturated carbocycles. The molecule has 5 nitrogen and oxygen atoms in total. The molecule has 0 unspecified atom stereocenters. The Morgan fingerprint density at radius 3 is 2.71 bits per heavy atom. The van der Waals surface area contributed by atoms with Crippen molar-refractivity contribution in [2.75, 3.05) is 0 Å². The average Bonchev–Trinajstić information content (AvgIpc) is 2.32. The van der Waals surface area contributed by atoms with Crippen molar-refractivity contribution in [3.05, 3.63) is 11.3 Å². The predicted octanol–water partition coefficient (Wildman–Crippen LogP) is 1.95. The average molecular weight is 218 g/mol. The number of aromatic amines is 1. The molecule has 0 saturated heterocycles. The van der Waals surface area contributed by atoms with Gasteiger partial charge in [0.15, 0.2) is 10.9 Å². The number of rotatable bonds is 1. The predicted molar refractivity (Wildman–Crippen MR) is 52.5 cm³/mol. The van der Waals surface area contributed by atoms with Gasteiger partial charge in [-0.15, -0.1) is 0 Å². The third-order valence-electron chi connectivity index (χ3n) is 1.24. The molecule has 78 valence electrons. The highest BCUT2D eigenvalue weighted by molar-refractivity contribution is 6.30. The Bertz CT molecular complexity index is 330. The first-order valence-electron chi connectivity index (χ1n) is 4.07. The van der Waals surface area contributed by atoms with E-state index in [-0.39, 0.29) is 16.4 Å². The van der Waals surface area contributed by atoms with Crippen LogP contribution in [0.5, 0.6) is 5.75 Å². The molecular formula is C8H12ClN3O2. The maximum absolute atomic E-state index is 11.2. The van der Waals surface area contributed by atoms with E-state index in [0.717, 1.165) is 0 Å². The van der Waals surface area contributed by atoms with Crippen molar-refractivity contribution < 1.29 is 9.53 Å². The quantitative estimate of drug-likeness (QED) is 0.756. The molecule has 0 spiro atoms. The van der Waals surface area contributed by atoms with Crippen molar-refractivity contribution in [1.29, 1.82) is 0 Å². The van der Waals surface area contributed by atoms with Gasteiger partial charge in [-0.3, -0.25) is 5.10 Å². The minimum Gasteiger partial charge on any atom is -0.405 e. The van der Waals surface area contributed by atoms with Crippen molar-refractivity contribution in [3.63, 3.8) is 0 Å². The summed E-state index contributed by atoms with van der Waals surface area (Å²) in [7, 11) is 0. The molecular weight excluding hydrogens is 206 g/mol. The van der Waals surface area contributed by atoms with Crippen LogP contribution in [0, 0.1) is 0 Å². The molecule has 6 heteroatoms. The van der Waals surface area contributed by atoms with E-state index in [1.807, 2.05) is 20.8 Å². The van der Waals surface area contributed by atoms with Crippen LogP contribution in [0.2, 0.25) is 5.15 Å². The third-order valence-corrected chi connectivity index (χ3v) is 1.51. The van der Waals surface area contributed by atoms with E-state index in [9.17, 15) is 4.79 Å². The zero-order valence-electron chi connectivity index (χ0n) is 8.22. The number of H-pyrrole nitrogens is 1. The Morgan fingerprint density at radius 1 is 1.64 bits per heavy atom. The van der Waals surface area contributed by atoms with Crippen LogP contribution in [0.4, 0.5) is 4.79 Å². The third kappa shape index (κ3) is 3.26. The van der Waals surface area contributed by atoms with E-state index in [4.69, 9.17) is 16.3 Å². The summed E-state index contributed by atoms with van der Waals surface area (Å²) in [6.45, 7) is 5.56. The SMILES string of the molecule is CC(C)(C)NC(=O)Oc1cn[nH]c1Cl. The molecule has 0 fully saturated rings. The lowest BCUT2D eigenvalue weighted by atomic mass is 10.1. The lowest BCUT2D eigenvalue weighted by Crippen LogP contribution is -2.42. The van der Waals surface area contributed by atoms with Crippen LogP contribution >= 0.6 is 11.6 Å². The summed E-state index contributed by atoms with van der Waals surface area (Å²) >= 11 is 5.63. The molecule has 0 aliphatic rings. The first kappa shape index (κ1) is 10.8. The van der Waals surface area contributed by atoms with Gasteiger partial charge < -0.3 is 10.1 Å². The monoisotopic (exact) mass is 217 g/mol. The standard InChI is InChI=1S/C8H12ClN3O2/c1-8(2,3)11-7(13)14-5-4-10-12-6(5)9/h4H,1-3H3,(H,10,12)(H,11,13). The van der Waals surface area contributed by atoms with Gasteiger partial charge in [0.25, 0.3) is 0 Å². The molecule has 1 rings (SSSR count). The van der Waals surface area contributed by atoms with Crippen LogP contribution in [-0.4, -0.2) is 21.8 Å². The molecule has 0 radical (unpaired) electrons. The minimum absolute atomic E-state index is 0.203. The molecule has 1 heterocycles. The lowest BCUT2D eigenvalue weighted by molar-refractivity contribution is 0.190. The topological polar surface area (TPSA) is 67.0 Å². The second kappa shape index (κ2) is 3.88. The number of nitrogens with one attached hydrogen (secondary N) is 2. The largest absolute Gasteiger partial charge is 0.413 e. The highest BCUT2D eigenvalue weighted by atomic mass is 35.5. The number of ether oxygens (including phenoxy) is 1. The Hall–Kier alpha value is -1.23. The zero-order chi connectivity index (χ0) is 10.8. The van der Waals surface area contributed by atoms with Gasteiger partial charge in [-0.25, -0.2) is 4.79 Å². The summed E-state index contributed by atoms with van der Waals surface area (Å²) in [5, 5.41) is 8.88. The fraction of sp³-hybridized carbons (Fsp3) is 0.500. The van der Waals surface area contributed by atoms with Crippen LogP contribution in [0.3, 0.4) is 0 Å². The fourth-order valence-corrected chi connectivity index (χ4v) is 0.898. The van der Waals surface area contributed by atoms with Gasteiger partial charge in [-0.05, 0) is 20.8 Å². The number of amides is 1. The second-order valence-corrected chi connectivity index (χ2v) is 4.19. The molecule has 0 aliphatic carbocycles. The lowest BCUT2D eigenvalue weighted by Gasteiger charge is -2.19. The Morgan fingerprint density at radius 2 is 2.29 bits per heavy atom. The number of aromatic nitrogens is 2. The summed E-state index contributed by atoms with van der Waals surface area (Å²) in [6.07, 6.45) is 0.783. The number of hydrogen-bond donors (Lipinski definition) is 2. The van der Waals surface area contributed by atoms with Crippen LogP contribution in [0.25, 0.3) is 0 Å². The number of carbonyl (C=O) groups is 1. The number of nitrogens with zero attached hydrogens (tertiary/aromatic N) is 1. The zero-order valence-corrected chi connectivity index (χ0v) is 8.97. The molecule has 1 amide bonds. The number of carbonyl (C=O) groups excluding carboxylic acids is 1. The molecule has 2 N–H and O–H groups in total. The maximum Gasteiger partial charge on any atom is 0.413 e. The fourth-order valence-electron chi connectivity index (χ4n) is 0.762. The molecule has 14 heavy (non-hydrogen) atoms. The molecule has 0 bridgehead atoms. The van der Waals surface area contributed by atoms with E-state index in [1.54, 1.807) is 0 Å². The molecule has 0 aliphatic heterocycles. The molecule has 1 aromatic heterocycles. The van der Waals surface area contributed by atoms with E-state index in [1.165, 1.54) is 6.20 Å². The van der Waals surface area contributed by atoms with Crippen molar-refractivity contribution >= 4 is 17.7 Å². The van der Waals surface area contributed by atoms with E-state index in [2.05, 4.69) is 15.5 Å². The summed E-state index contributed by atoms with van der Waals surface area (Å²) < 4.78 is 4.89. The summed E-state index contributed by atoms with van der Waals surface area (Å²) in [6, 6.07) is 0. The Balaban J connectivity index is 2.54. The summed E-state index contributed by atoms with van der Waals surface area (Å²) in [5.41, 5.74) is -0.340. The summed E-state index contributed by atoms with van der Waals surface area (Å²) in [5.74, 6) is 0.216. The highest BCUT2D eigenvalue weighted by Crippen LogP contribution is 2.20. The van der Waals surface area contributed by atoms with Crippen LogP contribution in [-0.2, 0) is 0 Å². The normalized spacial score (nSPS) is 11.1. The minimum atomic E-state index is -0.555. The highest BCUT2D eigenvalue weighted by Gasteiger charge is 2.16. The number of halogens is 1. The molecule has 1 aromatic rings. The first-order valence-corrected chi connectivity index (χ1v) is 4.45. The smallest absolute Gasteiger partial charge is 0.405 e. The number of hydrogen-bond acceptors (Lipinski definition) is 3. The van der Waals surface area contributed by atoms with Crippen molar-refractivity contribution in [3.8, 4) is 5.75 Å². The van der Waals surface area contributed by atoms with Gasteiger partial charge in [0.1, 0.15) is 0 Å². The van der Waals surface area contributed by atoms with Gasteiger partial charge >= 0.3 is 6.09 Å². The molecule has 0 aromatic carbocycles. The van der Waals surface area contributed by atoms with Crippen molar-refractivity contribution in [2.45, 2.75) is 26.3 Å². The first-order chi connectivity index (χ1) is 6.38. The van der Waals surface area contributed by atoms with Crippen LogP contribution in [0.15, 0.2) is 6.20 Å². The summed E-state index contributed by atoms with van der Waals surface area (Å²) in [4.78, 5) is 11.2.